The Labute approximate surface area is 112 Å². The van der Waals surface area contributed by atoms with Crippen molar-refractivity contribution < 1.29 is 0 Å². The highest BCUT2D eigenvalue weighted by Gasteiger charge is 2.07. The van der Waals surface area contributed by atoms with Crippen LogP contribution in [-0.2, 0) is 12.8 Å². The summed E-state index contributed by atoms with van der Waals surface area (Å²) >= 11 is 3.24. The fourth-order valence-electron chi connectivity index (χ4n) is 1.61. The van der Waals surface area contributed by atoms with Crippen LogP contribution in [0.1, 0.15) is 5.82 Å². The number of thioether (sulfide) groups is 1. The molecule has 3 aromatic heterocycles. The highest BCUT2D eigenvalue weighted by atomic mass is 32.2. The van der Waals surface area contributed by atoms with Gasteiger partial charge in [0.1, 0.15) is 16.5 Å². The summed E-state index contributed by atoms with van der Waals surface area (Å²) in [4.78, 5) is 10.9. The van der Waals surface area contributed by atoms with Crippen LogP contribution in [0.25, 0.3) is 10.2 Å². The van der Waals surface area contributed by atoms with Crippen molar-refractivity contribution in [1.29, 1.82) is 0 Å². The first-order valence-corrected chi connectivity index (χ1v) is 7.20. The molecule has 3 heterocycles. The molecule has 5 nitrogen and oxygen atoms in total. The van der Waals surface area contributed by atoms with Crippen molar-refractivity contribution in [3.8, 4) is 0 Å². The van der Waals surface area contributed by atoms with Crippen LogP contribution < -0.4 is 5.73 Å². The second-order valence-electron chi connectivity index (χ2n) is 3.80. The molecule has 3 aromatic rings. The lowest BCUT2D eigenvalue weighted by atomic mass is 10.4. The van der Waals surface area contributed by atoms with E-state index in [1.54, 1.807) is 27.8 Å². The SMILES string of the molecule is Cn1cc(SCc2nc(N)c3ccsc3n2)cn1. The molecule has 0 atom stereocenters. The Morgan fingerprint density at radius 3 is 3.11 bits per heavy atom. The highest BCUT2D eigenvalue weighted by Crippen LogP contribution is 2.26. The van der Waals surface area contributed by atoms with Gasteiger partial charge in [-0.3, -0.25) is 4.68 Å². The molecule has 92 valence electrons. The maximum absolute atomic E-state index is 5.90. The van der Waals surface area contributed by atoms with E-state index in [4.69, 9.17) is 5.73 Å². The summed E-state index contributed by atoms with van der Waals surface area (Å²) in [5, 5.41) is 7.04. The molecule has 0 bridgehead atoms. The summed E-state index contributed by atoms with van der Waals surface area (Å²) in [6.45, 7) is 0. The molecule has 0 aromatic carbocycles. The van der Waals surface area contributed by atoms with Gasteiger partial charge in [-0.25, -0.2) is 9.97 Å². The fraction of sp³-hybridized carbons (Fsp3) is 0.182. The average molecular weight is 277 g/mol. The zero-order valence-electron chi connectivity index (χ0n) is 9.70. The van der Waals surface area contributed by atoms with E-state index >= 15 is 0 Å². The Balaban J connectivity index is 1.82. The fourth-order valence-corrected chi connectivity index (χ4v) is 3.17. The van der Waals surface area contributed by atoms with E-state index < -0.39 is 0 Å². The monoisotopic (exact) mass is 277 g/mol. The Hall–Kier alpha value is -1.60. The van der Waals surface area contributed by atoms with Gasteiger partial charge in [0.05, 0.1) is 17.3 Å². The molecule has 0 aliphatic heterocycles. The van der Waals surface area contributed by atoms with Crippen molar-refractivity contribution in [2.75, 3.05) is 5.73 Å². The van der Waals surface area contributed by atoms with E-state index in [1.807, 2.05) is 30.9 Å². The summed E-state index contributed by atoms with van der Waals surface area (Å²) < 4.78 is 1.78. The lowest BCUT2D eigenvalue weighted by molar-refractivity contribution is 0.766. The number of aromatic nitrogens is 4. The van der Waals surface area contributed by atoms with Crippen LogP contribution in [0.5, 0.6) is 0 Å². The number of rotatable bonds is 3. The number of anilines is 1. The lowest BCUT2D eigenvalue weighted by Gasteiger charge is -2.01. The van der Waals surface area contributed by atoms with Crippen LogP contribution in [0.15, 0.2) is 28.7 Å². The van der Waals surface area contributed by atoms with Crippen LogP contribution >= 0.6 is 23.1 Å². The van der Waals surface area contributed by atoms with Crippen molar-refractivity contribution in [2.24, 2.45) is 7.05 Å². The molecule has 0 saturated carbocycles. The lowest BCUT2D eigenvalue weighted by Crippen LogP contribution is -1.98. The molecule has 0 saturated heterocycles. The van der Waals surface area contributed by atoms with E-state index in [0.29, 0.717) is 11.6 Å². The molecule has 3 rings (SSSR count). The zero-order valence-corrected chi connectivity index (χ0v) is 11.3. The predicted octanol–water partition coefficient (Wildman–Crippen LogP) is 2.30. The van der Waals surface area contributed by atoms with Crippen LogP contribution in [0.2, 0.25) is 0 Å². The molecule has 0 spiro atoms. The van der Waals surface area contributed by atoms with Crippen molar-refractivity contribution in [2.45, 2.75) is 10.6 Å². The molecule has 0 radical (unpaired) electrons. The van der Waals surface area contributed by atoms with Gasteiger partial charge < -0.3 is 5.73 Å². The number of nitrogens with two attached hydrogens (primary N) is 1. The molecule has 7 heteroatoms. The highest BCUT2D eigenvalue weighted by molar-refractivity contribution is 7.98. The summed E-state index contributed by atoms with van der Waals surface area (Å²) in [5.74, 6) is 2.02. The minimum absolute atomic E-state index is 0.558. The van der Waals surface area contributed by atoms with Crippen LogP contribution in [0.4, 0.5) is 5.82 Å². The van der Waals surface area contributed by atoms with Gasteiger partial charge in [0.25, 0.3) is 0 Å². The third kappa shape index (κ3) is 2.19. The average Bonchev–Trinajstić information content (AvgIpc) is 2.95. The number of hydrogen-bond donors (Lipinski definition) is 1. The predicted molar refractivity (Wildman–Crippen MR) is 74.6 cm³/mol. The number of thiophene rings is 1. The summed E-state index contributed by atoms with van der Waals surface area (Å²) in [5.41, 5.74) is 5.90. The third-order valence-electron chi connectivity index (χ3n) is 2.45. The normalized spacial score (nSPS) is 11.2. The molecule has 18 heavy (non-hydrogen) atoms. The van der Waals surface area contributed by atoms with E-state index in [-0.39, 0.29) is 0 Å². The maximum Gasteiger partial charge on any atom is 0.142 e. The van der Waals surface area contributed by atoms with E-state index in [1.165, 1.54) is 0 Å². The molecule has 0 unspecified atom stereocenters. The third-order valence-corrected chi connectivity index (χ3v) is 4.20. The Bertz CT molecular complexity index is 688. The largest absolute Gasteiger partial charge is 0.383 e. The smallest absolute Gasteiger partial charge is 0.142 e. The van der Waals surface area contributed by atoms with Crippen LogP contribution in [0, 0.1) is 0 Å². The molecule has 0 aliphatic rings. The number of nitrogen functional groups attached to an aromatic ring is 1. The topological polar surface area (TPSA) is 69.6 Å². The Morgan fingerprint density at radius 1 is 1.44 bits per heavy atom. The summed E-state index contributed by atoms with van der Waals surface area (Å²) in [6, 6.07) is 1.95. The van der Waals surface area contributed by atoms with Gasteiger partial charge in [-0.15, -0.1) is 23.1 Å². The minimum atomic E-state index is 0.558. The van der Waals surface area contributed by atoms with Gasteiger partial charge in [0.2, 0.25) is 0 Å². The first-order chi connectivity index (χ1) is 8.72. The molecule has 0 fully saturated rings. The van der Waals surface area contributed by atoms with Crippen LogP contribution in [-0.4, -0.2) is 19.7 Å². The van der Waals surface area contributed by atoms with Crippen molar-refractivity contribution in [1.82, 2.24) is 19.7 Å². The van der Waals surface area contributed by atoms with Crippen molar-refractivity contribution >= 4 is 39.1 Å². The van der Waals surface area contributed by atoms with Gasteiger partial charge in [-0.1, -0.05) is 0 Å². The van der Waals surface area contributed by atoms with Gasteiger partial charge in [-0.2, -0.15) is 5.10 Å². The zero-order chi connectivity index (χ0) is 12.5. The standard InChI is InChI=1S/C11H11N5S2/c1-16-5-7(4-13-16)18-6-9-14-10(12)8-2-3-17-11(8)15-9/h2-5H,6H2,1H3,(H2,12,14,15). The van der Waals surface area contributed by atoms with Gasteiger partial charge in [0.15, 0.2) is 0 Å². The second kappa shape index (κ2) is 4.58. The molecule has 2 N–H and O–H groups in total. The van der Waals surface area contributed by atoms with Crippen molar-refractivity contribution in [3.05, 3.63) is 29.7 Å². The van der Waals surface area contributed by atoms with Crippen molar-refractivity contribution in [3.63, 3.8) is 0 Å². The molecule has 0 amide bonds. The Morgan fingerprint density at radius 2 is 2.33 bits per heavy atom. The van der Waals surface area contributed by atoms with Crippen LogP contribution in [0.3, 0.4) is 0 Å². The van der Waals surface area contributed by atoms with Gasteiger partial charge >= 0.3 is 0 Å². The molecular formula is C11H11N5S2. The number of nitrogens with zero attached hydrogens (tertiary/aromatic N) is 4. The summed E-state index contributed by atoms with van der Waals surface area (Å²) in [6.07, 6.45) is 3.80. The number of aryl methyl sites for hydroxylation is 1. The maximum atomic E-state index is 5.90. The first-order valence-electron chi connectivity index (χ1n) is 5.33. The van der Waals surface area contributed by atoms with E-state index in [9.17, 15) is 0 Å². The number of fused-ring (bicyclic) bond motifs is 1. The molecular weight excluding hydrogens is 266 g/mol. The summed E-state index contributed by atoms with van der Waals surface area (Å²) in [7, 11) is 1.90. The Kier molecular flexibility index (Phi) is 2.92. The minimum Gasteiger partial charge on any atom is -0.383 e. The quantitative estimate of drug-likeness (QED) is 0.744. The van der Waals surface area contributed by atoms with Gasteiger partial charge in [-0.05, 0) is 11.4 Å². The number of hydrogen-bond acceptors (Lipinski definition) is 6. The van der Waals surface area contributed by atoms with E-state index in [0.717, 1.165) is 20.9 Å². The van der Waals surface area contributed by atoms with E-state index in [2.05, 4.69) is 15.1 Å². The first kappa shape index (κ1) is 11.5. The van der Waals surface area contributed by atoms with Gasteiger partial charge in [0, 0.05) is 18.1 Å². The molecule has 0 aliphatic carbocycles. The second-order valence-corrected chi connectivity index (χ2v) is 5.75.